The average molecular weight is 287 g/mol. The standard InChI is InChI=1S/C16H21N3O2/c20-16(12-13-4-2-1-3-5-13)17-15-6-9-19(18-15)14-7-10-21-11-8-14/h2,4-6,9,14H,1,3,7-8,10-12H2,(H,17,18,20). The summed E-state index contributed by atoms with van der Waals surface area (Å²) < 4.78 is 7.30. The first-order valence-corrected chi connectivity index (χ1v) is 7.59. The highest BCUT2D eigenvalue weighted by atomic mass is 16.5. The molecule has 0 aromatic carbocycles. The van der Waals surface area contributed by atoms with Gasteiger partial charge in [-0.25, -0.2) is 0 Å². The molecule has 0 atom stereocenters. The summed E-state index contributed by atoms with van der Waals surface area (Å²) >= 11 is 0. The third-order valence-electron chi connectivity index (χ3n) is 3.88. The molecule has 1 aromatic rings. The normalized spacial score (nSPS) is 19.3. The molecule has 1 N–H and O–H groups in total. The Morgan fingerprint density at radius 3 is 3.00 bits per heavy atom. The lowest BCUT2D eigenvalue weighted by molar-refractivity contribution is -0.115. The van der Waals surface area contributed by atoms with Gasteiger partial charge in [-0.3, -0.25) is 9.48 Å². The SMILES string of the molecule is O=C(CC1=CCCC=C1)Nc1ccn(C2CCOCC2)n1. The van der Waals surface area contributed by atoms with Gasteiger partial charge in [-0.05, 0) is 31.3 Å². The molecule has 3 rings (SSSR count). The van der Waals surface area contributed by atoms with Crippen LogP contribution in [0, 0.1) is 0 Å². The summed E-state index contributed by atoms with van der Waals surface area (Å²) in [6.45, 7) is 1.57. The van der Waals surface area contributed by atoms with Crippen molar-refractivity contribution < 1.29 is 9.53 Å². The van der Waals surface area contributed by atoms with Crippen molar-refractivity contribution in [1.29, 1.82) is 0 Å². The Bertz CT molecular complexity index is 554. The van der Waals surface area contributed by atoms with Gasteiger partial charge in [0.2, 0.25) is 5.91 Å². The molecule has 0 spiro atoms. The lowest BCUT2D eigenvalue weighted by Gasteiger charge is -2.22. The lowest BCUT2D eigenvalue weighted by Crippen LogP contribution is -2.20. The largest absolute Gasteiger partial charge is 0.381 e. The van der Waals surface area contributed by atoms with Crippen LogP contribution in [0.2, 0.25) is 0 Å². The van der Waals surface area contributed by atoms with Crippen LogP contribution in [0.3, 0.4) is 0 Å². The molecule has 1 fully saturated rings. The van der Waals surface area contributed by atoms with Crippen LogP contribution in [0.5, 0.6) is 0 Å². The summed E-state index contributed by atoms with van der Waals surface area (Å²) in [5.74, 6) is 0.622. The fraction of sp³-hybridized carbons (Fsp3) is 0.500. The first kappa shape index (κ1) is 14.1. The molecule has 2 heterocycles. The monoisotopic (exact) mass is 287 g/mol. The second-order valence-corrected chi connectivity index (χ2v) is 5.51. The van der Waals surface area contributed by atoms with Crippen molar-refractivity contribution in [3.8, 4) is 0 Å². The van der Waals surface area contributed by atoms with Gasteiger partial charge >= 0.3 is 0 Å². The van der Waals surface area contributed by atoms with Crippen molar-refractivity contribution in [1.82, 2.24) is 9.78 Å². The molecule has 5 nitrogen and oxygen atoms in total. The van der Waals surface area contributed by atoms with Gasteiger partial charge in [0.15, 0.2) is 5.82 Å². The van der Waals surface area contributed by atoms with E-state index in [1.807, 2.05) is 23.0 Å². The number of nitrogens with zero attached hydrogens (tertiary/aromatic N) is 2. The van der Waals surface area contributed by atoms with Gasteiger partial charge in [-0.2, -0.15) is 5.10 Å². The molecule has 1 aromatic heterocycles. The van der Waals surface area contributed by atoms with Crippen LogP contribution in [0.1, 0.15) is 38.1 Å². The van der Waals surface area contributed by atoms with Crippen LogP contribution in [-0.2, 0) is 9.53 Å². The van der Waals surface area contributed by atoms with Crippen LogP contribution in [0.4, 0.5) is 5.82 Å². The molecule has 1 amide bonds. The van der Waals surface area contributed by atoms with Crippen molar-refractivity contribution in [3.05, 3.63) is 36.1 Å². The molecule has 2 aliphatic rings. The molecular formula is C16H21N3O2. The second kappa shape index (κ2) is 6.72. The third-order valence-corrected chi connectivity index (χ3v) is 3.88. The van der Waals surface area contributed by atoms with Crippen LogP contribution in [0.25, 0.3) is 0 Å². The highest BCUT2D eigenvalue weighted by molar-refractivity contribution is 5.91. The minimum atomic E-state index is -0.00923. The molecule has 112 valence electrons. The van der Waals surface area contributed by atoms with Crippen molar-refractivity contribution in [2.24, 2.45) is 0 Å². The van der Waals surface area contributed by atoms with E-state index in [1.165, 1.54) is 0 Å². The maximum Gasteiger partial charge on any atom is 0.229 e. The number of aromatic nitrogens is 2. The summed E-state index contributed by atoms with van der Waals surface area (Å²) in [5, 5.41) is 7.33. The number of carbonyl (C=O) groups is 1. The van der Waals surface area contributed by atoms with Gasteiger partial charge in [-0.1, -0.05) is 18.2 Å². The predicted octanol–water partition coefficient (Wildman–Crippen LogP) is 2.84. The van der Waals surface area contributed by atoms with E-state index in [-0.39, 0.29) is 5.91 Å². The maximum atomic E-state index is 12.0. The van der Waals surface area contributed by atoms with Crippen molar-refractivity contribution >= 4 is 11.7 Å². The van der Waals surface area contributed by atoms with Crippen LogP contribution >= 0.6 is 0 Å². The molecule has 1 aliphatic carbocycles. The van der Waals surface area contributed by atoms with E-state index in [4.69, 9.17) is 4.74 Å². The molecule has 0 radical (unpaired) electrons. The van der Waals surface area contributed by atoms with Crippen LogP contribution in [-0.4, -0.2) is 28.9 Å². The van der Waals surface area contributed by atoms with Crippen molar-refractivity contribution in [2.45, 2.75) is 38.1 Å². The average Bonchev–Trinajstić information content (AvgIpc) is 2.97. The van der Waals surface area contributed by atoms with Gasteiger partial charge < -0.3 is 10.1 Å². The van der Waals surface area contributed by atoms with E-state index >= 15 is 0 Å². The van der Waals surface area contributed by atoms with Crippen LogP contribution < -0.4 is 5.32 Å². The quantitative estimate of drug-likeness (QED) is 0.926. The smallest absolute Gasteiger partial charge is 0.229 e. The van der Waals surface area contributed by atoms with Crippen molar-refractivity contribution in [3.63, 3.8) is 0 Å². The van der Waals surface area contributed by atoms with E-state index in [0.717, 1.165) is 44.5 Å². The molecule has 21 heavy (non-hydrogen) atoms. The number of nitrogens with one attached hydrogen (secondary N) is 1. The number of hydrogen-bond donors (Lipinski definition) is 1. The number of carbonyl (C=O) groups excluding carboxylic acids is 1. The number of rotatable bonds is 4. The van der Waals surface area contributed by atoms with Gasteiger partial charge in [0, 0.05) is 25.5 Å². The Labute approximate surface area is 124 Å². The Kier molecular flexibility index (Phi) is 4.50. The Hall–Kier alpha value is -1.88. The van der Waals surface area contributed by atoms with Crippen molar-refractivity contribution in [2.75, 3.05) is 18.5 Å². The molecule has 0 bridgehead atoms. The number of allylic oxidation sites excluding steroid dienone is 3. The minimum Gasteiger partial charge on any atom is -0.381 e. The first-order chi connectivity index (χ1) is 10.3. The maximum absolute atomic E-state index is 12.0. The number of amides is 1. The van der Waals surface area contributed by atoms with E-state index in [2.05, 4.69) is 22.6 Å². The Morgan fingerprint density at radius 1 is 1.38 bits per heavy atom. The Morgan fingerprint density at radius 2 is 2.24 bits per heavy atom. The number of hydrogen-bond acceptors (Lipinski definition) is 3. The summed E-state index contributed by atoms with van der Waals surface area (Å²) in [6.07, 6.45) is 12.7. The fourth-order valence-corrected chi connectivity index (χ4v) is 2.73. The van der Waals surface area contributed by atoms with E-state index in [1.54, 1.807) is 0 Å². The zero-order valence-corrected chi connectivity index (χ0v) is 12.1. The molecule has 1 aliphatic heterocycles. The van der Waals surface area contributed by atoms with Gasteiger partial charge in [0.05, 0.1) is 12.5 Å². The molecule has 5 heteroatoms. The molecular weight excluding hydrogens is 266 g/mol. The van der Waals surface area contributed by atoms with Gasteiger partial charge in [-0.15, -0.1) is 0 Å². The molecule has 0 saturated carbocycles. The Balaban J connectivity index is 1.55. The summed E-state index contributed by atoms with van der Waals surface area (Å²) in [7, 11) is 0. The molecule has 0 unspecified atom stereocenters. The van der Waals surface area contributed by atoms with Gasteiger partial charge in [0.1, 0.15) is 0 Å². The zero-order chi connectivity index (χ0) is 14.5. The predicted molar refractivity (Wildman–Crippen MR) is 81.0 cm³/mol. The van der Waals surface area contributed by atoms with E-state index < -0.39 is 0 Å². The third kappa shape index (κ3) is 3.82. The van der Waals surface area contributed by atoms with Gasteiger partial charge in [0.25, 0.3) is 0 Å². The zero-order valence-electron chi connectivity index (χ0n) is 12.1. The lowest BCUT2D eigenvalue weighted by atomic mass is 10.0. The number of ether oxygens (including phenoxy) is 1. The topological polar surface area (TPSA) is 56.2 Å². The van der Waals surface area contributed by atoms with Crippen LogP contribution in [0.15, 0.2) is 36.1 Å². The highest BCUT2D eigenvalue weighted by Crippen LogP contribution is 2.21. The number of anilines is 1. The van der Waals surface area contributed by atoms with E-state index in [9.17, 15) is 4.79 Å². The fourth-order valence-electron chi connectivity index (χ4n) is 2.73. The minimum absolute atomic E-state index is 0.00923. The summed E-state index contributed by atoms with van der Waals surface area (Å²) in [4.78, 5) is 12.0. The molecule has 1 saturated heterocycles. The second-order valence-electron chi connectivity index (χ2n) is 5.51. The highest BCUT2D eigenvalue weighted by Gasteiger charge is 2.17. The first-order valence-electron chi connectivity index (χ1n) is 7.59. The summed E-state index contributed by atoms with van der Waals surface area (Å²) in [5.41, 5.74) is 1.09. The van der Waals surface area contributed by atoms with E-state index in [0.29, 0.717) is 18.3 Å². The summed E-state index contributed by atoms with van der Waals surface area (Å²) in [6, 6.07) is 2.24.